The van der Waals surface area contributed by atoms with Crippen LogP contribution in [0, 0.1) is 0 Å². The lowest BCUT2D eigenvalue weighted by Crippen LogP contribution is -2.30. The van der Waals surface area contributed by atoms with Gasteiger partial charge >= 0.3 is 0 Å². The molecule has 0 aliphatic heterocycles. The molecule has 18 heavy (non-hydrogen) atoms. The standard InChI is InChI=1S/C13H15N3S2/c1-2-12-16-10-6-5-9(7-11(10)18-12)15-13(17)14-8-3-4-8/h5-8H,2-4H2,1H3,(H2,14,15,17). The van der Waals surface area contributed by atoms with Crippen LogP contribution < -0.4 is 10.6 Å². The predicted octanol–water partition coefficient (Wildman–Crippen LogP) is 3.31. The minimum absolute atomic E-state index is 0.587. The van der Waals surface area contributed by atoms with Crippen LogP contribution in [0.5, 0.6) is 0 Å². The van der Waals surface area contributed by atoms with Gasteiger partial charge in [0.25, 0.3) is 0 Å². The van der Waals surface area contributed by atoms with Gasteiger partial charge in [0.2, 0.25) is 0 Å². The smallest absolute Gasteiger partial charge is 0.170 e. The maximum Gasteiger partial charge on any atom is 0.170 e. The molecule has 2 aromatic rings. The van der Waals surface area contributed by atoms with Crippen LogP contribution in [-0.4, -0.2) is 16.1 Å². The summed E-state index contributed by atoms with van der Waals surface area (Å²) >= 11 is 7.02. The van der Waals surface area contributed by atoms with E-state index in [0.717, 1.165) is 22.7 Å². The third kappa shape index (κ3) is 2.62. The number of nitrogens with zero attached hydrogens (tertiary/aromatic N) is 1. The van der Waals surface area contributed by atoms with Crippen LogP contribution in [0.2, 0.25) is 0 Å². The van der Waals surface area contributed by atoms with Crippen molar-refractivity contribution < 1.29 is 0 Å². The predicted molar refractivity (Wildman–Crippen MR) is 81.4 cm³/mol. The highest BCUT2D eigenvalue weighted by Crippen LogP contribution is 2.25. The fourth-order valence-corrected chi connectivity index (χ4v) is 3.01. The van der Waals surface area contributed by atoms with E-state index in [1.807, 2.05) is 12.1 Å². The van der Waals surface area contributed by atoms with E-state index in [1.165, 1.54) is 22.5 Å². The molecule has 0 spiro atoms. The van der Waals surface area contributed by atoms with Crippen molar-refractivity contribution in [3.05, 3.63) is 23.2 Å². The number of thiocarbonyl (C=S) groups is 1. The number of hydrogen-bond acceptors (Lipinski definition) is 3. The van der Waals surface area contributed by atoms with E-state index in [9.17, 15) is 0 Å². The molecule has 2 N–H and O–H groups in total. The number of aromatic nitrogens is 1. The first kappa shape index (κ1) is 11.9. The minimum Gasteiger partial charge on any atom is -0.360 e. The van der Waals surface area contributed by atoms with Crippen molar-refractivity contribution in [3.63, 3.8) is 0 Å². The second kappa shape index (κ2) is 4.82. The topological polar surface area (TPSA) is 37.0 Å². The molecule has 1 fully saturated rings. The number of benzene rings is 1. The number of fused-ring (bicyclic) bond motifs is 1. The zero-order valence-electron chi connectivity index (χ0n) is 10.2. The van der Waals surface area contributed by atoms with Crippen molar-refractivity contribution in [2.45, 2.75) is 32.2 Å². The first-order valence-corrected chi connectivity index (χ1v) is 7.44. The molecule has 0 bridgehead atoms. The van der Waals surface area contributed by atoms with Crippen LogP contribution in [0.1, 0.15) is 24.8 Å². The van der Waals surface area contributed by atoms with Crippen LogP contribution in [0.25, 0.3) is 10.2 Å². The van der Waals surface area contributed by atoms with Crippen molar-refractivity contribution >= 4 is 44.6 Å². The fourth-order valence-electron chi connectivity index (χ4n) is 1.78. The van der Waals surface area contributed by atoms with Gasteiger partial charge in [0.15, 0.2) is 5.11 Å². The van der Waals surface area contributed by atoms with Gasteiger partial charge in [-0.15, -0.1) is 11.3 Å². The van der Waals surface area contributed by atoms with Crippen LogP contribution in [0.15, 0.2) is 18.2 Å². The third-order valence-corrected chi connectivity index (χ3v) is 4.29. The molecule has 5 heteroatoms. The lowest BCUT2D eigenvalue weighted by atomic mass is 10.3. The van der Waals surface area contributed by atoms with Gasteiger partial charge in [-0.25, -0.2) is 4.98 Å². The first-order valence-electron chi connectivity index (χ1n) is 6.21. The summed E-state index contributed by atoms with van der Waals surface area (Å²) in [5.74, 6) is 0. The van der Waals surface area contributed by atoms with Crippen LogP contribution in [-0.2, 0) is 6.42 Å². The zero-order chi connectivity index (χ0) is 12.5. The molecule has 3 nitrogen and oxygen atoms in total. The van der Waals surface area contributed by atoms with Crippen molar-refractivity contribution in [1.82, 2.24) is 10.3 Å². The molecule has 0 amide bonds. The molecular weight excluding hydrogens is 262 g/mol. The molecule has 0 unspecified atom stereocenters. The Hall–Kier alpha value is -1.20. The number of nitrogens with one attached hydrogen (secondary N) is 2. The first-order chi connectivity index (χ1) is 8.74. The van der Waals surface area contributed by atoms with Crippen molar-refractivity contribution in [1.29, 1.82) is 0 Å². The Kier molecular flexibility index (Phi) is 3.18. The molecule has 1 saturated carbocycles. The zero-order valence-corrected chi connectivity index (χ0v) is 11.8. The molecule has 0 atom stereocenters. The Morgan fingerprint density at radius 2 is 2.33 bits per heavy atom. The highest BCUT2D eigenvalue weighted by atomic mass is 32.1. The Labute approximate surface area is 116 Å². The number of anilines is 1. The van der Waals surface area contributed by atoms with Crippen molar-refractivity contribution in [2.75, 3.05) is 5.32 Å². The molecule has 3 rings (SSSR count). The van der Waals surface area contributed by atoms with Gasteiger partial charge < -0.3 is 10.6 Å². The fraction of sp³-hybridized carbons (Fsp3) is 0.385. The summed E-state index contributed by atoms with van der Waals surface area (Å²) in [5.41, 5.74) is 2.11. The quantitative estimate of drug-likeness (QED) is 0.844. The van der Waals surface area contributed by atoms with Crippen molar-refractivity contribution in [3.8, 4) is 0 Å². The van der Waals surface area contributed by atoms with E-state index in [-0.39, 0.29) is 0 Å². The highest BCUT2D eigenvalue weighted by Gasteiger charge is 2.21. The molecule has 1 aromatic carbocycles. The molecule has 0 radical (unpaired) electrons. The Bertz CT molecular complexity index is 587. The number of rotatable bonds is 3. The summed E-state index contributed by atoms with van der Waals surface area (Å²) in [6.07, 6.45) is 3.45. The Balaban J connectivity index is 1.76. The summed E-state index contributed by atoms with van der Waals surface area (Å²) in [7, 11) is 0. The second-order valence-corrected chi connectivity index (χ2v) is 6.04. The summed E-state index contributed by atoms with van der Waals surface area (Å²) in [6, 6.07) is 6.78. The Morgan fingerprint density at radius 3 is 3.06 bits per heavy atom. The summed E-state index contributed by atoms with van der Waals surface area (Å²) < 4.78 is 1.21. The third-order valence-electron chi connectivity index (χ3n) is 2.91. The summed E-state index contributed by atoms with van der Waals surface area (Å²) in [6.45, 7) is 2.13. The van der Waals surface area contributed by atoms with E-state index in [0.29, 0.717) is 6.04 Å². The number of hydrogen-bond donors (Lipinski definition) is 2. The van der Waals surface area contributed by atoms with Gasteiger partial charge in [0, 0.05) is 11.7 Å². The van der Waals surface area contributed by atoms with Crippen LogP contribution in [0.4, 0.5) is 5.69 Å². The maximum absolute atomic E-state index is 5.27. The molecular formula is C13H15N3S2. The SMILES string of the molecule is CCc1nc2ccc(NC(=S)NC3CC3)cc2s1. The normalized spacial score (nSPS) is 14.7. The largest absolute Gasteiger partial charge is 0.360 e. The van der Waals surface area contributed by atoms with E-state index in [4.69, 9.17) is 12.2 Å². The van der Waals surface area contributed by atoms with E-state index in [1.54, 1.807) is 11.3 Å². The number of aryl methyl sites for hydroxylation is 1. The maximum atomic E-state index is 5.27. The second-order valence-electron chi connectivity index (χ2n) is 4.52. The molecule has 94 valence electrons. The summed E-state index contributed by atoms with van der Waals surface area (Å²) in [5, 5.41) is 8.41. The van der Waals surface area contributed by atoms with Crippen molar-refractivity contribution in [2.24, 2.45) is 0 Å². The van der Waals surface area contributed by atoms with Crippen LogP contribution >= 0.6 is 23.6 Å². The number of thiazole rings is 1. The summed E-state index contributed by atoms with van der Waals surface area (Å²) in [4.78, 5) is 4.55. The molecule has 1 aromatic heterocycles. The van der Waals surface area contributed by atoms with Gasteiger partial charge in [-0.05, 0) is 49.7 Å². The average Bonchev–Trinajstić information content (AvgIpc) is 3.06. The molecule has 1 heterocycles. The van der Waals surface area contributed by atoms with Gasteiger partial charge in [-0.2, -0.15) is 0 Å². The van der Waals surface area contributed by atoms with Gasteiger partial charge in [0.1, 0.15) is 0 Å². The van der Waals surface area contributed by atoms with E-state index >= 15 is 0 Å². The van der Waals surface area contributed by atoms with Crippen LogP contribution in [0.3, 0.4) is 0 Å². The van der Waals surface area contributed by atoms with Gasteiger partial charge in [-0.3, -0.25) is 0 Å². The molecule has 1 aliphatic carbocycles. The Morgan fingerprint density at radius 1 is 1.50 bits per heavy atom. The minimum atomic E-state index is 0.587. The molecule has 0 saturated heterocycles. The van der Waals surface area contributed by atoms with Gasteiger partial charge in [0.05, 0.1) is 15.2 Å². The highest BCUT2D eigenvalue weighted by molar-refractivity contribution is 7.80. The molecule has 1 aliphatic rings. The average molecular weight is 277 g/mol. The van der Waals surface area contributed by atoms with Gasteiger partial charge in [-0.1, -0.05) is 6.92 Å². The lowest BCUT2D eigenvalue weighted by Gasteiger charge is -2.09. The van der Waals surface area contributed by atoms with E-state index < -0.39 is 0 Å². The monoisotopic (exact) mass is 277 g/mol. The van der Waals surface area contributed by atoms with E-state index in [2.05, 4.69) is 28.6 Å². The lowest BCUT2D eigenvalue weighted by molar-refractivity contribution is 0.919.